The molecule has 4 heteroatoms. The van der Waals surface area contributed by atoms with Gasteiger partial charge in [-0.2, -0.15) is 0 Å². The molecule has 4 nitrogen and oxygen atoms in total. The van der Waals surface area contributed by atoms with Gasteiger partial charge in [0.25, 0.3) is 0 Å². The number of phenolic OH excluding ortho intramolecular Hbond substituents is 1. The SMILES string of the molecule is CC(C)(C)CC(CN)C(=O)Nc1ccccc1O. The average molecular weight is 250 g/mol. The number of carbonyl (C=O) groups excluding carboxylic acids is 1. The first-order chi connectivity index (χ1) is 8.33. The number of anilines is 1. The summed E-state index contributed by atoms with van der Waals surface area (Å²) in [6.07, 6.45) is 0.711. The predicted octanol–water partition coefficient (Wildman–Crippen LogP) is 2.34. The third-order valence-corrected chi connectivity index (χ3v) is 2.68. The van der Waals surface area contributed by atoms with Gasteiger partial charge >= 0.3 is 0 Å². The smallest absolute Gasteiger partial charge is 0.228 e. The molecule has 0 aromatic heterocycles. The van der Waals surface area contributed by atoms with Gasteiger partial charge in [0.15, 0.2) is 0 Å². The van der Waals surface area contributed by atoms with Gasteiger partial charge in [-0.1, -0.05) is 32.9 Å². The van der Waals surface area contributed by atoms with E-state index in [4.69, 9.17) is 5.73 Å². The number of hydrogen-bond acceptors (Lipinski definition) is 3. The number of para-hydroxylation sites is 2. The quantitative estimate of drug-likeness (QED) is 0.718. The minimum Gasteiger partial charge on any atom is -0.506 e. The molecule has 1 atom stereocenters. The van der Waals surface area contributed by atoms with E-state index in [0.29, 0.717) is 18.7 Å². The number of nitrogens with two attached hydrogens (primary N) is 1. The van der Waals surface area contributed by atoms with Gasteiger partial charge in [-0.25, -0.2) is 0 Å². The summed E-state index contributed by atoms with van der Waals surface area (Å²) in [5.74, 6) is -0.323. The van der Waals surface area contributed by atoms with Crippen LogP contribution in [0.1, 0.15) is 27.2 Å². The van der Waals surface area contributed by atoms with Crippen LogP contribution in [0.2, 0.25) is 0 Å². The standard InChI is InChI=1S/C14H22N2O2/c1-14(2,3)8-10(9-15)13(18)16-11-6-4-5-7-12(11)17/h4-7,10,17H,8-9,15H2,1-3H3,(H,16,18). The third-order valence-electron chi connectivity index (χ3n) is 2.68. The Balaban J connectivity index is 2.72. The van der Waals surface area contributed by atoms with E-state index in [0.717, 1.165) is 0 Å². The molecule has 0 saturated heterocycles. The molecule has 0 aliphatic rings. The maximum Gasteiger partial charge on any atom is 0.228 e. The lowest BCUT2D eigenvalue weighted by atomic mass is 9.84. The van der Waals surface area contributed by atoms with Crippen LogP contribution in [0.15, 0.2) is 24.3 Å². The van der Waals surface area contributed by atoms with Crippen molar-refractivity contribution in [1.29, 1.82) is 0 Å². The number of nitrogens with one attached hydrogen (secondary N) is 1. The summed E-state index contributed by atoms with van der Waals surface area (Å²) in [4.78, 5) is 12.1. The number of carbonyl (C=O) groups is 1. The summed E-state index contributed by atoms with van der Waals surface area (Å²) in [5, 5.41) is 12.3. The number of hydrogen-bond donors (Lipinski definition) is 3. The molecule has 0 aliphatic carbocycles. The van der Waals surface area contributed by atoms with Crippen LogP contribution in [0, 0.1) is 11.3 Å². The number of phenols is 1. The Kier molecular flexibility index (Phi) is 4.73. The maximum atomic E-state index is 12.1. The minimum absolute atomic E-state index is 0.0418. The number of rotatable bonds is 4. The molecule has 0 radical (unpaired) electrons. The number of amides is 1. The van der Waals surface area contributed by atoms with Crippen molar-refractivity contribution >= 4 is 11.6 Å². The Morgan fingerprint density at radius 1 is 1.39 bits per heavy atom. The molecule has 0 fully saturated rings. The molecule has 4 N–H and O–H groups in total. The first-order valence-electron chi connectivity index (χ1n) is 6.12. The van der Waals surface area contributed by atoms with Crippen molar-refractivity contribution in [1.82, 2.24) is 0 Å². The van der Waals surface area contributed by atoms with Gasteiger partial charge in [-0.3, -0.25) is 4.79 Å². The third kappa shape index (κ3) is 4.37. The Morgan fingerprint density at radius 2 is 2.00 bits per heavy atom. The van der Waals surface area contributed by atoms with Crippen LogP contribution < -0.4 is 11.1 Å². The molecule has 0 spiro atoms. The molecule has 0 saturated carbocycles. The Hall–Kier alpha value is -1.55. The van der Waals surface area contributed by atoms with Gasteiger partial charge in [-0.15, -0.1) is 0 Å². The van der Waals surface area contributed by atoms with Crippen molar-refractivity contribution < 1.29 is 9.90 Å². The monoisotopic (exact) mass is 250 g/mol. The van der Waals surface area contributed by atoms with Gasteiger partial charge in [-0.05, 0) is 24.0 Å². The van der Waals surface area contributed by atoms with Crippen LogP contribution in [0.3, 0.4) is 0 Å². The van der Waals surface area contributed by atoms with E-state index >= 15 is 0 Å². The highest BCUT2D eigenvalue weighted by atomic mass is 16.3. The lowest BCUT2D eigenvalue weighted by Gasteiger charge is -2.24. The highest BCUT2D eigenvalue weighted by molar-refractivity contribution is 5.94. The lowest BCUT2D eigenvalue weighted by Crippen LogP contribution is -2.32. The van der Waals surface area contributed by atoms with Crippen LogP contribution in [0.25, 0.3) is 0 Å². The van der Waals surface area contributed by atoms with Crippen LogP contribution >= 0.6 is 0 Å². The second kappa shape index (κ2) is 5.87. The Morgan fingerprint density at radius 3 is 2.50 bits per heavy atom. The second-order valence-electron chi connectivity index (χ2n) is 5.70. The Labute approximate surface area is 108 Å². The van der Waals surface area contributed by atoms with Crippen molar-refractivity contribution in [2.24, 2.45) is 17.1 Å². The van der Waals surface area contributed by atoms with Crippen molar-refractivity contribution in [3.05, 3.63) is 24.3 Å². The van der Waals surface area contributed by atoms with Crippen molar-refractivity contribution in [3.63, 3.8) is 0 Å². The average Bonchev–Trinajstić information content (AvgIpc) is 2.27. The second-order valence-corrected chi connectivity index (χ2v) is 5.70. The molecule has 1 amide bonds. The summed E-state index contributed by atoms with van der Waals surface area (Å²) in [7, 11) is 0. The summed E-state index contributed by atoms with van der Waals surface area (Å²) in [6.45, 7) is 6.52. The van der Waals surface area contributed by atoms with E-state index in [2.05, 4.69) is 26.1 Å². The molecule has 0 heterocycles. The minimum atomic E-state index is -0.246. The summed E-state index contributed by atoms with van der Waals surface area (Å²) < 4.78 is 0. The molecular formula is C14H22N2O2. The molecule has 100 valence electrons. The van der Waals surface area contributed by atoms with Gasteiger partial charge in [0, 0.05) is 6.54 Å². The normalized spacial score (nSPS) is 13.1. The van der Waals surface area contributed by atoms with Crippen LogP contribution in [-0.4, -0.2) is 17.6 Å². The number of benzene rings is 1. The first-order valence-corrected chi connectivity index (χ1v) is 6.12. The largest absolute Gasteiger partial charge is 0.506 e. The van der Waals surface area contributed by atoms with Gasteiger partial charge < -0.3 is 16.2 Å². The molecule has 1 aromatic rings. The van der Waals surface area contributed by atoms with Crippen molar-refractivity contribution in [2.45, 2.75) is 27.2 Å². The molecular weight excluding hydrogens is 228 g/mol. The fraction of sp³-hybridized carbons (Fsp3) is 0.500. The fourth-order valence-corrected chi connectivity index (χ4v) is 1.84. The zero-order valence-corrected chi connectivity index (χ0v) is 11.2. The van der Waals surface area contributed by atoms with Crippen molar-refractivity contribution in [3.8, 4) is 5.75 Å². The molecule has 1 aromatic carbocycles. The van der Waals surface area contributed by atoms with E-state index in [1.165, 1.54) is 6.07 Å². The van der Waals surface area contributed by atoms with E-state index in [1.807, 2.05) is 0 Å². The van der Waals surface area contributed by atoms with E-state index in [1.54, 1.807) is 18.2 Å². The predicted molar refractivity (Wildman–Crippen MR) is 73.4 cm³/mol. The fourth-order valence-electron chi connectivity index (χ4n) is 1.84. The highest BCUT2D eigenvalue weighted by Crippen LogP contribution is 2.26. The summed E-state index contributed by atoms with van der Waals surface area (Å²) >= 11 is 0. The lowest BCUT2D eigenvalue weighted by molar-refractivity contribution is -0.120. The first kappa shape index (κ1) is 14.5. The molecule has 0 bridgehead atoms. The molecule has 18 heavy (non-hydrogen) atoms. The van der Waals surface area contributed by atoms with Gasteiger partial charge in [0.05, 0.1) is 11.6 Å². The zero-order chi connectivity index (χ0) is 13.8. The van der Waals surface area contributed by atoms with Gasteiger partial charge in [0.2, 0.25) is 5.91 Å². The van der Waals surface area contributed by atoms with Crippen molar-refractivity contribution in [2.75, 3.05) is 11.9 Å². The van der Waals surface area contributed by atoms with Crippen LogP contribution in [-0.2, 0) is 4.79 Å². The van der Waals surface area contributed by atoms with Crippen LogP contribution in [0.5, 0.6) is 5.75 Å². The Bertz CT molecular complexity index is 411. The number of aromatic hydroxyl groups is 1. The summed E-state index contributed by atoms with van der Waals surface area (Å²) in [6, 6.07) is 6.67. The zero-order valence-electron chi connectivity index (χ0n) is 11.2. The van der Waals surface area contributed by atoms with Gasteiger partial charge in [0.1, 0.15) is 5.75 Å². The summed E-state index contributed by atoms with van der Waals surface area (Å²) in [5.41, 5.74) is 6.12. The topological polar surface area (TPSA) is 75.4 Å². The highest BCUT2D eigenvalue weighted by Gasteiger charge is 2.24. The molecule has 1 unspecified atom stereocenters. The van der Waals surface area contributed by atoms with E-state index < -0.39 is 0 Å². The maximum absolute atomic E-state index is 12.1. The molecule has 0 aliphatic heterocycles. The van der Waals surface area contributed by atoms with Crippen LogP contribution in [0.4, 0.5) is 5.69 Å². The van der Waals surface area contributed by atoms with E-state index in [9.17, 15) is 9.90 Å². The van der Waals surface area contributed by atoms with E-state index in [-0.39, 0.29) is 23.0 Å². The molecule has 1 rings (SSSR count).